The molecule has 1 N–H and O–H groups in total. The summed E-state index contributed by atoms with van der Waals surface area (Å²) in [5.74, 6) is 0.191. The number of amides is 1. The second-order valence-electron chi connectivity index (χ2n) is 5.34. The number of benzene rings is 1. The molecule has 0 radical (unpaired) electrons. The van der Waals surface area contributed by atoms with Crippen LogP contribution in [0.2, 0.25) is 0 Å². The van der Waals surface area contributed by atoms with Crippen LogP contribution in [0.4, 0.5) is 13.2 Å². The van der Waals surface area contributed by atoms with Gasteiger partial charge in [0.15, 0.2) is 6.61 Å². The topological polar surface area (TPSA) is 90.1 Å². The Morgan fingerprint density at radius 3 is 2.63 bits per heavy atom. The Morgan fingerprint density at radius 1 is 1.19 bits per heavy atom. The minimum Gasteiger partial charge on any atom is -0.484 e. The van der Waals surface area contributed by atoms with Crippen molar-refractivity contribution in [1.29, 1.82) is 0 Å². The fourth-order valence-corrected chi connectivity index (χ4v) is 2.05. The summed E-state index contributed by atoms with van der Waals surface area (Å²) in [7, 11) is 0. The Bertz CT molecular complexity index is 896. The number of nitrogens with zero attached hydrogens (tertiary/aromatic N) is 3. The zero-order chi connectivity index (χ0) is 19.3. The molecule has 3 rings (SSSR count). The van der Waals surface area contributed by atoms with E-state index < -0.39 is 17.6 Å². The minimum atomic E-state index is -4.42. The Kier molecular flexibility index (Phi) is 5.34. The molecule has 0 bridgehead atoms. The van der Waals surface area contributed by atoms with Crippen LogP contribution < -0.4 is 10.1 Å². The van der Waals surface area contributed by atoms with Crippen LogP contribution in [0.1, 0.15) is 11.5 Å². The predicted octanol–water partition coefficient (Wildman–Crippen LogP) is 2.85. The lowest BCUT2D eigenvalue weighted by Crippen LogP contribution is -2.28. The van der Waals surface area contributed by atoms with Crippen LogP contribution in [0.3, 0.4) is 0 Å². The van der Waals surface area contributed by atoms with Crippen molar-refractivity contribution in [1.82, 2.24) is 20.4 Å². The van der Waals surface area contributed by atoms with E-state index in [0.717, 1.165) is 24.3 Å². The highest BCUT2D eigenvalue weighted by Gasteiger charge is 2.30. The van der Waals surface area contributed by atoms with Crippen molar-refractivity contribution < 1.29 is 27.2 Å². The SMILES string of the molecule is O=C(COc1ccc(C(F)(F)F)cc1)NCc1nc(-c2cccnc2)no1. The van der Waals surface area contributed by atoms with Crippen LogP contribution in [0.5, 0.6) is 5.75 Å². The molecule has 0 fully saturated rings. The summed E-state index contributed by atoms with van der Waals surface area (Å²) in [6, 6.07) is 7.55. The number of carbonyl (C=O) groups is 1. The van der Waals surface area contributed by atoms with Gasteiger partial charge >= 0.3 is 6.18 Å². The van der Waals surface area contributed by atoms with Gasteiger partial charge in [0.25, 0.3) is 5.91 Å². The molecule has 1 amide bonds. The number of ether oxygens (including phenoxy) is 1. The molecule has 2 heterocycles. The van der Waals surface area contributed by atoms with Gasteiger partial charge in [-0.15, -0.1) is 0 Å². The average molecular weight is 378 g/mol. The zero-order valence-corrected chi connectivity index (χ0v) is 13.7. The van der Waals surface area contributed by atoms with Gasteiger partial charge in [0.1, 0.15) is 5.75 Å². The second-order valence-corrected chi connectivity index (χ2v) is 5.34. The molecule has 0 aliphatic rings. The number of pyridine rings is 1. The van der Waals surface area contributed by atoms with E-state index in [1.54, 1.807) is 24.5 Å². The maximum absolute atomic E-state index is 12.5. The molecule has 27 heavy (non-hydrogen) atoms. The summed E-state index contributed by atoms with van der Waals surface area (Å²) in [6.07, 6.45) is -1.23. The van der Waals surface area contributed by atoms with Crippen LogP contribution in [0.15, 0.2) is 53.3 Å². The first-order valence-electron chi connectivity index (χ1n) is 7.71. The molecular weight excluding hydrogens is 365 g/mol. The number of nitrogens with one attached hydrogen (secondary N) is 1. The maximum atomic E-state index is 12.5. The third-order valence-corrected chi connectivity index (χ3v) is 3.38. The van der Waals surface area contributed by atoms with Gasteiger partial charge in [-0.2, -0.15) is 18.2 Å². The first kappa shape index (κ1) is 18.4. The summed E-state index contributed by atoms with van der Waals surface area (Å²) < 4.78 is 47.6. The molecule has 0 aliphatic carbocycles. The van der Waals surface area contributed by atoms with E-state index in [0.29, 0.717) is 11.4 Å². The number of hydrogen-bond acceptors (Lipinski definition) is 6. The fraction of sp³-hybridized carbons (Fsp3) is 0.176. The Balaban J connectivity index is 1.47. The highest BCUT2D eigenvalue weighted by molar-refractivity contribution is 5.77. The van der Waals surface area contributed by atoms with E-state index in [4.69, 9.17) is 9.26 Å². The van der Waals surface area contributed by atoms with Crippen molar-refractivity contribution in [3.8, 4) is 17.1 Å². The van der Waals surface area contributed by atoms with Gasteiger partial charge in [-0.05, 0) is 36.4 Å². The van der Waals surface area contributed by atoms with Crippen molar-refractivity contribution in [2.24, 2.45) is 0 Å². The molecule has 10 heteroatoms. The molecule has 0 saturated carbocycles. The standard InChI is InChI=1S/C17H13F3N4O3/c18-17(19,20)12-3-5-13(6-4-12)26-10-14(25)22-9-15-23-16(24-27-15)11-2-1-7-21-8-11/h1-8H,9-10H2,(H,22,25). The van der Waals surface area contributed by atoms with E-state index >= 15 is 0 Å². The molecule has 0 atom stereocenters. The van der Waals surface area contributed by atoms with Gasteiger partial charge in [0, 0.05) is 18.0 Å². The van der Waals surface area contributed by atoms with E-state index in [9.17, 15) is 18.0 Å². The Morgan fingerprint density at radius 2 is 1.96 bits per heavy atom. The number of halogens is 3. The number of rotatable bonds is 6. The van der Waals surface area contributed by atoms with E-state index in [-0.39, 0.29) is 24.8 Å². The largest absolute Gasteiger partial charge is 0.484 e. The molecule has 0 spiro atoms. The summed E-state index contributed by atoms with van der Waals surface area (Å²) in [5, 5.41) is 6.30. The Labute approximate surface area is 151 Å². The second kappa shape index (κ2) is 7.85. The summed E-state index contributed by atoms with van der Waals surface area (Å²) in [6.45, 7) is -0.378. The van der Waals surface area contributed by atoms with Crippen molar-refractivity contribution in [3.63, 3.8) is 0 Å². The number of hydrogen-bond donors (Lipinski definition) is 1. The zero-order valence-electron chi connectivity index (χ0n) is 13.7. The van der Waals surface area contributed by atoms with Gasteiger partial charge < -0.3 is 14.6 Å². The van der Waals surface area contributed by atoms with Crippen molar-refractivity contribution in [2.75, 3.05) is 6.61 Å². The normalized spacial score (nSPS) is 11.2. The number of carbonyl (C=O) groups excluding carboxylic acids is 1. The van der Waals surface area contributed by atoms with E-state index in [2.05, 4.69) is 20.4 Å². The third-order valence-electron chi connectivity index (χ3n) is 3.38. The molecule has 140 valence electrons. The average Bonchev–Trinajstić information content (AvgIpc) is 3.14. The minimum absolute atomic E-state index is 0.0114. The van der Waals surface area contributed by atoms with Gasteiger partial charge in [-0.25, -0.2) is 0 Å². The molecule has 0 saturated heterocycles. The molecule has 7 nitrogen and oxygen atoms in total. The molecule has 0 unspecified atom stereocenters. The molecule has 1 aromatic carbocycles. The molecule has 0 aliphatic heterocycles. The molecule has 3 aromatic rings. The summed E-state index contributed by atoms with van der Waals surface area (Å²) in [4.78, 5) is 19.8. The first-order chi connectivity index (χ1) is 12.9. The van der Waals surface area contributed by atoms with Crippen LogP contribution in [-0.2, 0) is 17.5 Å². The van der Waals surface area contributed by atoms with Crippen LogP contribution in [0.25, 0.3) is 11.4 Å². The van der Waals surface area contributed by atoms with Crippen LogP contribution >= 0.6 is 0 Å². The highest BCUT2D eigenvalue weighted by Crippen LogP contribution is 2.30. The third kappa shape index (κ3) is 5.03. The number of alkyl halides is 3. The van der Waals surface area contributed by atoms with E-state index in [1.807, 2.05) is 0 Å². The van der Waals surface area contributed by atoms with E-state index in [1.165, 1.54) is 0 Å². The monoisotopic (exact) mass is 378 g/mol. The maximum Gasteiger partial charge on any atom is 0.416 e. The number of aromatic nitrogens is 3. The predicted molar refractivity (Wildman–Crippen MR) is 86.3 cm³/mol. The lowest BCUT2D eigenvalue weighted by molar-refractivity contribution is -0.137. The molecular formula is C17H13F3N4O3. The van der Waals surface area contributed by atoms with Crippen LogP contribution in [0, 0.1) is 0 Å². The van der Waals surface area contributed by atoms with Gasteiger partial charge in [-0.3, -0.25) is 9.78 Å². The van der Waals surface area contributed by atoms with Crippen molar-refractivity contribution in [3.05, 3.63) is 60.2 Å². The van der Waals surface area contributed by atoms with Gasteiger partial charge in [0.05, 0.1) is 12.1 Å². The van der Waals surface area contributed by atoms with Crippen molar-refractivity contribution in [2.45, 2.75) is 12.7 Å². The summed E-state index contributed by atoms with van der Waals surface area (Å²) >= 11 is 0. The van der Waals surface area contributed by atoms with Crippen LogP contribution in [-0.4, -0.2) is 27.6 Å². The lowest BCUT2D eigenvalue weighted by Gasteiger charge is -2.09. The van der Waals surface area contributed by atoms with Gasteiger partial charge in [0.2, 0.25) is 11.7 Å². The highest BCUT2D eigenvalue weighted by atomic mass is 19.4. The van der Waals surface area contributed by atoms with Gasteiger partial charge in [-0.1, -0.05) is 5.16 Å². The fourth-order valence-electron chi connectivity index (χ4n) is 2.05. The Hall–Kier alpha value is -3.43. The van der Waals surface area contributed by atoms with Crippen molar-refractivity contribution >= 4 is 5.91 Å². The lowest BCUT2D eigenvalue weighted by atomic mass is 10.2. The molecule has 2 aromatic heterocycles. The first-order valence-corrected chi connectivity index (χ1v) is 7.71. The summed E-state index contributed by atoms with van der Waals surface area (Å²) in [5.41, 5.74) is -0.121. The smallest absolute Gasteiger partial charge is 0.416 e. The quantitative estimate of drug-likeness (QED) is 0.709.